The van der Waals surface area contributed by atoms with Crippen LogP contribution in [0.5, 0.6) is 0 Å². The van der Waals surface area contributed by atoms with Crippen molar-refractivity contribution in [2.75, 3.05) is 19.6 Å². The van der Waals surface area contributed by atoms with Gasteiger partial charge in [0.1, 0.15) is 6.26 Å². The Morgan fingerprint density at radius 1 is 1.55 bits per heavy atom. The van der Waals surface area contributed by atoms with Crippen LogP contribution >= 0.6 is 0 Å². The highest BCUT2D eigenvalue weighted by molar-refractivity contribution is 5.94. The van der Waals surface area contributed by atoms with Gasteiger partial charge in [0.25, 0.3) is 5.91 Å². The largest absolute Gasteiger partial charge is 0.472 e. The number of rotatable bonds is 4. The molecule has 0 bridgehead atoms. The maximum atomic E-state index is 12.0. The van der Waals surface area contributed by atoms with Crippen LogP contribution in [0.2, 0.25) is 0 Å². The topological polar surface area (TPSA) is 82.8 Å². The number of aliphatic hydroxyl groups excluding tert-OH is 1. The van der Waals surface area contributed by atoms with E-state index in [0.29, 0.717) is 31.6 Å². The number of nitrogens with zero attached hydrogens (tertiary/aromatic N) is 1. The van der Waals surface area contributed by atoms with Gasteiger partial charge in [0.2, 0.25) is 5.91 Å². The molecule has 1 fully saturated rings. The number of likely N-dealkylation sites (tertiary alicyclic amines) is 1. The van der Waals surface area contributed by atoms with E-state index in [1.54, 1.807) is 11.0 Å². The van der Waals surface area contributed by atoms with Crippen LogP contribution in [0.15, 0.2) is 23.0 Å². The number of hydrogen-bond acceptors (Lipinski definition) is 4. The van der Waals surface area contributed by atoms with Crippen LogP contribution in [-0.2, 0) is 4.79 Å². The summed E-state index contributed by atoms with van der Waals surface area (Å²) in [6, 6.07) is 1.57. The van der Waals surface area contributed by atoms with E-state index in [9.17, 15) is 14.7 Å². The quantitative estimate of drug-likeness (QED) is 0.847. The predicted octanol–water partition coefficient (Wildman–Crippen LogP) is 0.629. The predicted molar refractivity (Wildman–Crippen MR) is 72.0 cm³/mol. The highest BCUT2D eigenvalue weighted by atomic mass is 16.3. The minimum absolute atomic E-state index is 0.0104. The molecule has 6 nitrogen and oxygen atoms in total. The van der Waals surface area contributed by atoms with Gasteiger partial charge >= 0.3 is 0 Å². The minimum atomic E-state index is -0.320. The Morgan fingerprint density at radius 2 is 2.35 bits per heavy atom. The number of nitrogens with one attached hydrogen (secondary N) is 1. The third kappa shape index (κ3) is 3.60. The Hall–Kier alpha value is -1.82. The van der Waals surface area contributed by atoms with Gasteiger partial charge in [-0.1, -0.05) is 6.92 Å². The fourth-order valence-electron chi connectivity index (χ4n) is 2.30. The van der Waals surface area contributed by atoms with E-state index in [2.05, 4.69) is 5.32 Å². The Morgan fingerprint density at radius 3 is 3.00 bits per heavy atom. The molecule has 0 aromatic carbocycles. The summed E-state index contributed by atoms with van der Waals surface area (Å²) in [4.78, 5) is 25.4. The molecule has 1 aromatic heterocycles. The smallest absolute Gasteiger partial charge is 0.254 e. The Kier molecular flexibility index (Phi) is 4.79. The van der Waals surface area contributed by atoms with Crippen molar-refractivity contribution in [2.24, 2.45) is 5.92 Å². The highest BCUT2D eigenvalue weighted by Gasteiger charge is 2.26. The second-order valence-corrected chi connectivity index (χ2v) is 5.19. The average molecular weight is 280 g/mol. The summed E-state index contributed by atoms with van der Waals surface area (Å²) < 4.78 is 4.82. The number of aliphatic hydroxyl groups is 1. The first-order valence-corrected chi connectivity index (χ1v) is 6.84. The molecule has 1 aliphatic rings. The molecule has 6 heteroatoms. The van der Waals surface area contributed by atoms with E-state index in [-0.39, 0.29) is 30.3 Å². The van der Waals surface area contributed by atoms with Crippen molar-refractivity contribution in [3.05, 3.63) is 24.2 Å². The molecule has 2 amide bonds. The number of carbonyl (C=O) groups excluding carboxylic acids is 2. The Labute approximate surface area is 117 Å². The van der Waals surface area contributed by atoms with Gasteiger partial charge < -0.3 is 19.7 Å². The molecule has 2 heterocycles. The van der Waals surface area contributed by atoms with Crippen molar-refractivity contribution in [1.82, 2.24) is 10.2 Å². The lowest BCUT2D eigenvalue weighted by molar-refractivity contribution is -0.134. The van der Waals surface area contributed by atoms with Crippen LogP contribution in [-0.4, -0.2) is 47.6 Å². The van der Waals surface area contributed by atoms with Crippen LogP contribution < -0.4 is 5.32 Å². The van der Waals surface area contributed by atoms with Crippen LogP contribution in [0.4, 0.5) is 0 Å². The molecule has 1 aliphatic heterocycles. The maximum Gasteiger partial charge on any atom is 0.254 e. The van der Waals surface area contributed by atoms with E-state index in [4.69, 9.17) is 4.42 Å². The lowest BCUT2D eigenvalue weighted by Gasteiger charge is -2.34. The molecule has 1 aromatic rings. The van der Waals surface area contributed by atoms with E-state index < -0.39 is 0 Å². The third-order valence-corrected chi connectivity index (χ3v) is 3.62. The fourth-order valence-corrected chi connectivity index (χ4v) is 2.30. The lowest BCUT2D eigenvalue weighted by atomic mass is 9.96. The van der Waals surface area contributed by atoms with Gasteiger partial charge in [-0.05, 0) is 18.4 Å². The van der Waals surface area contributed by atoms with Crippen LogP contribution in [0.3, 0.4) is 0 Å². The Balaban J connectivity index is 1.71. The summed E-state index contributed by atoms with van der Waals surface area (Å²) >= 11 is 0. The SMILES string of the molecule is CC1CN(C(=O)CCNC(=O)c2ccoc2)CCC1O. The van der Waals surface area contributed by atoms with Crippen molar-refractivity contribution >= 4 is 11.8 Å². The van der Waals surface area contributed by atoms with Gasteiger partial charge in [0.05, 0.1) is 17.9 Å². The monoisotopic (exact) mass is 280 g/mol. The summed E-state index contributed by atoms with van der Waals surface area (Å²) in [7, 11) is 0. The maximum absolute atomic E-state index is 12.0. The van der Waals surface area contributed by atoms with Crippen molar-refractivity contribution in [2.45, 2.75) is 25.9 Å². The van der Waals surface area contributed by atoms with Gasteiger partial charge in [-0.2, -0.15) is 0 Å². The number of carbonyl (C=O) groups is 2. The summed E-state index contributed by atoms with van der Waals surface area (Å²) in [6.45, 7) is 3.40. The second-order valence-electron chi connectivity index (χ2n) is 5.19. The number of furan rings is 1. The van der Waals surface area contributed by atoms with Gasteiger partial charge in [0.15, 0.2) is 0 Å². The molecule has 0 spiro atoms. The minimum Gasteiger partial charge on any atom is -0.472 e. The standard InChI is InChI=1S/C14H20N2O4/c1-10-8-16(6-3-12(10)17)13(18)2-5-15-14(19)11-4-7-20-9-11/h4,7,9-10,12,17H,2-3,5-6,8H2,1H3,(H,15,19). The molecule has 20 heavy (non-hydrogen) atoms. The molecular weight excluding hydrogens is 260 g/mol. The molecule has 0 saturated carbocycles. The van der Waals surface area contributed by atoms with E-state index in [0.717, 1.165) is 0 Å². The number of piperidine rings is 1. The second kappa shape index (κ2) is 6.56. The van der Waals surface area contributed by atoms with Crippen molar-refractivity contribution in [3.63, 3.8) is 0 Å². The first kappa shape index (κ1) is 14.6. The zero-order valence-corrected chi connectivity index (χ0v) is 11.5. The van der Waals surface area contributed by atoms with Crippen molar-refractivity contribution in [1.29, 1.82) is 0 Å². The van der Waals surface area contributed by atoms with E-state index in [1.165, 1.54) is 12.5 Å². The highest BCUT2D eigenvalue weighted by Crippen LogP contribution is 2.16. The average Bonchev–Trinajstić information content (AvgIpc) is 2.95. The van der Waals surface area contributed by atoms with E-state index in [1.807, 2.05) is 6.92 Å². The summed E-state index contributed by atoms with van der Waals surface area (Å²) in [5.74, 6) is -0.126. The van der Waals surface area contributed by atoms with Gasteiger partial charge in [-0.25, -0.2) is 0 Å². The zero-order valence-electron chi connectivity index (χ0n) is 11.5. The number of amides is 2. The van der Waals surface area contributed by atoms with Crippen LogP contribution in [0.25, 0.3) is 0 Å². The van der Waals surface area contributed by atoms with Gasteiger partial charge in [0, 0.05) is 26.1 Å². The molecule has 2 rings (SSSR count). The molecule has 0 radical (unpaired) electrons. The molecule has 2 N–H and O–H groups in total. The molecule has 1 saturated heterocycles. The van der Waals surface area contributed by atoms with Crippen LogP contribution in [0, 0.1) is 5.92 Å². The van der Waals surface area contributed by atoms with Crippen molar-refractivity contribution in [3.8, 4) is 0 Å². The first-order valence-electron chi connectivity index (χ1n) is 6.84. The fraction of sp³-hybridized carbons (Fsp3) is 0.571. The summed E-state index contributed by atoms with van der Waals surface area (Å²) in [6.07, 6.45) is 3.37. The van der Waals surface area contributed by atoms with Gasteiger partial charge in [-0.15, -0.1) is 0 Å². The molecule has 0 aliphatic carbocycles. The first-order chi connectivity index (χ1) is 9.58. The third-order valence-electron chi connectivity index (χ3n) is 3.62. The molecular formula is C14H20N2O4. The molecule has 2 unspecified atom stereocenters. The molecule has 2 atom stereocenters. The summed E-state index contributed by atoms with van der Waals surface area (Å²) in [5.41, 5.74) is 0.451. The molecule has 110 valence electrons. The Bertz CT molecular complexity index is 458. The van der Waals surface area contributed by atoms with E-state index >= 15 is 0 Å². The number of hydrogen-bond donors (Lipinski definition) is 2. The van der Waals surface area contributed by atoms with Gasteiger partial charge in [-0.3, -0.25) is 9.59 Å². The summed E-state index contributed by atoms with van der Waals surface area (Å²) in [5, 5.41) is 12.3. The normalized spacial score (nSPS) is 22.6. The van der Waals surface area contributed by atoms with Crippen LogP contribution in [0.1, 0.15) is 30.1 Å². The zero-order chi connectivity index (χ0) is 14.5. The van der Waals surface area contributed by atoms with Crippen molar-refractivity contribution < 1.29 is 19.1 Å². The lowest BCUT2D eigenvalue weighted by Crippen LogP contribution is -2.45.